The first-order valence-electron chi connectivity index (χ1n) is 9.45. The van der Waals surface area contributed by atoms with Gasteiger partial charge in [0.05, 0.1) is 14.2 Å². The molecule has 0 saturated carbocycles. The van der Waals surface area contributed by atoms with Crippen LogP contribution in [-0.2, 0) is 13.1 Å². The minimum absolute atomic E-state index is 0.144. The maximum absolute atomic E-state index is 12.6. The van der Waals surface area contributed by atoms with Crippen molar-refractivity contribution < 1.29 is 14.3 Å². The monoisotopic (exact) mass is 390 g/mol. The number of nitrogens with one attached hydrogen (secondary N) is 1. The van der Waals surface area contributed by atoms with Crippen molar-refractivity contribution in [1.29, 1.82) is 0 Å². The average Bonchev–Trinajstić information content (AvgIpc) is 2.78. The summed E-state index contributed by atoms with van der Waals surface area (Å²) in [5.41, 5.74) is 4.28. The lowest BCUT2D eigenvalue weighted by Crippen LogP contribution is -2.36. The van der Waals surface area contributed by atoms with Crippen LogP contribution >= 0.6 is 0 Å². The van der Waals surface area contributed by atoms with Gasteiger partial charge in [-0.25, -0.2) is 4.79 Å². The summed E-state index contributed by atoms with van der Waals surface area (Å²) in [6.07, 6.45) is 0. The second kappa shape index (κ2) is 9.64. The number of benzene rings is 3. The first-order chi connectivity index (χ1) is 14.1. The molecule has 0 aliphatic carbocycles. The van der Waals surface area contributed by atoms with Crippen molar-refractivity contribution in [2.75, 3.05) is 21.3 Å². The van der Waals surface area contributed by atoms with E-state index in [2.05, 4.69) is 29.6 Å². The Kier molecular flexibility index (Phi) is 6.74. The van der Waals surface area contributed by atoms with Gasteiger partial charge in [0.15, 0.2) is 0 Å². The van der Waals surface area contributed by atoms with Crippen molar-refractivity contribution >= 4 is 6.03 Å². The third kappa shape index (κ3) is 5.29. The number of carbonyl (C=O) groups excluding carboxylic acids is 1. The van der Waals surface area contributed by atoms with E-state index in [1.807, 2.05) is 42.5 Å². The van der Waals surface area contributed by atoms with E-state index < -0.39 is 0 Å². The molecule has 0 aliphatic heterocycles. The molecule has 0 radical (unpaired) electrons. The molecule has 29 heavy (non-hydrogen) atoms. The maximum atomic E-state index is 12.6. The van der Waals surface area contributed by atoms with Crippen molar-refractivity contribution in [3.8, 4) is 22.6 Å². The van der Waals surface area contributed by atoms with Crippen molar-refractivity contribution in [2.45, 2.75) is 13.1 Å². The zero-order valence-corrected chi connectivity index (χ0v) is 17.0. The molecule has 0 heterocycles. The first-order valence-corrected chi connectivity index (χ1v) is 9.45. The Bertz CT molecular complexity index is 935. The molecule has 5 nitrogen and oxygen atoms in total. The molecule has 3 aromatic rings. The second-order valence-electron chi connectivity index (χ2n) is 6.76. The molecule has 0 spiro atoms. The Hall–Kier alpha value is -3.47. The van der Waals surface area contributed by atoms with E-state index in [9.17, 15) is 4.79 Å². The number of hydrogen-bond acceptors (Lipinski definition) is 3. The van der Waals surface area contributed by atoms with Gasteiger partial charge in [0.1, 0.15) is 11.5 Å². The van der Waals surface area contributed by atoms with Crippen molar-refractivity contribution in [2.24, 2.45) is 0 Å². The predicted octanol–water partition coefficient (Wildman–Crippen LogP) is 4.71. The fourth-order valence-corrected chi connectivity index (χ4v) is 3.17. The topological polar surface area (TPSA) is 50.8 Å². The summed E-state index contributed by atoms with van der Waals surface area (Å²) < 4.78 is 10.6. The normalized spacial score (nSPS) is 10.3. The molecule has 5 heteroatoms. The van der Waals surface area contributed by atoms with Crippen LogP contribution in [0.2, 0.25) is 0 Å². The third-order valence-electron chi connectivity index (χ3n) is 4.71. The van der Waals surface area contributed by atoms with E-state index in [4.69, 9.17) is 9.47 Å². The average molecular weight is 390 g/mol. The highest BCUT2D eigenvalue weighted by Gasteiger charge is 2.12. The zero-order chi connectivity index (χ0) is 20.6. The number of methoxy groups -OCH3 is 2. The molecule has 0 fully saturated rings. The fourth-order valence-electron chi connectivity index (χ4n) is 3.17. The summed E-state index contributed by atoms with van der Waals surface area (Å²) >= 11 is 0. The highest BCUT2D eigenvalue weighted by molar-refractivity contribution is 5.75. The van der Waals surface area contributed by atoms with Crippen LogP contribution in [0.3, 0.4) is 0 Å². The molecule has 0 aromatic heterocycles. The molecule has 150 valence electrons. The van der Waals surface area contributed by atoms with Gasteiger partial charge in [-0.15, -0.1) is 0 Å². The van der Waals surface area contributed by atoms with Crippen molar-refractivity contribution in [3.63, 3.8) is 0 Å². The number of ether oxygens (including phenoxy) is 2. The first kappa shape index (κ1) is 20.3. The van der Waals surface area contributed by atoms with Crippen LogP contribution in [0.25, 0.3) is 11.1 Å². The number of amides is 2. The largest absolute Gasteiger partial charge is 0.497 e. The van der Waals surface area contributed by atoms with Gasteiger partial charge in [0.25, 0.3) is 0 Å². The minimum atomic E-state index is -0.144. The summed E-state index contributed by atoms with van der Waals surface area (Å²) in [5.74, 6) is 1.39. The van der Waals surface area contributed by atoms with Crippen LogP contribution in [0, 0.1) is 0 Å². The molecule has 1 N–H and O–H groups in total. The smallest absolute Gasteiger partial charge is 0.317 e. The summed E-state index contributed by atoms with van der Waals surface area (Å²) in [5, 5.41) is 2.96. The Balaban J connectivity index is 1.66. The SMILES string of the molecule is COc1cc(CNC(=O)N(C)Cc2ccccc2-c2ccccc2)cc(OC)c1. The quantitative estimate of drug-likeness (QED) is 0.635. The molecule has 0 unspecified atom stereocenters. The van der Waals surface area contributed by atoms with E-state index in [1.165, 1.54) is 0 Å². The minimum Gasteiger partial charge on any atom is -0.497 e. The zero-order valence-electron chi connectivity index (χ0n) is 17.0. The van der Waals surface area contributed by atoms with E-state index in [-0.39, 0.29) is 6.03 Å². The lowest BCUT2D eigenvalue weighted by Gasteiger charge is -2.20. The molecular weight excluding hydrogens is 364 g/mol. The van der Waals surface area contributed by atoms with Crippen LogP contribution in [0.4, 0.5) is 4.79 Å². The molecule has 2 amide bonds. The Labute approximate surface area is 171 Å². The summed E-state index contributed by atoms with van der Waals surface area (Å²) in [6.45, 7) is 0.898. The van der Waals surface area contributed by atoms with Crippen molar-refractivity contribution in [3.05, 3.63) is 83.9 Å². The van der Waals surface area contributed by atoms with Crippen LogP contribution < -0.4 is 14.8 Å². The van der Waals surface area contributed by atoms with Gasteiger partial charge < -0.3 is 19.7 Å². The van der Waals surface area contributed by atoms with Gasteiger partial charge in [-0.05, 0) is 34.4 Å². The molecule has 0 saturated heterocycles. The Morgan fingerprint density at radius 2 is 1.52 bits per heavy atom. The Morgan fingerprint density at radius 3 is 2.17 bits per heavy atom. The van der Waals surface area contributed by atoms with E-state index in [0.717, 1.165) is 22.3 Å². The van der Waals surface area contributed by atoms with Crippen molar-refractivity contribution in [1.82, 2.24) is 10.2 Å². The van der Waals surface area contributed by atoms with E-state index in [1.54, 1.807) is 32.2 Å². The van der Waals surface area contributed by atoms with Gasteiger partial charge in [0.2, 0.25) is 0 Å². The molecular formula is C24H26N2O3. The molecule has 0 bridgehead atoms. The van der Waals surface area contributed by atoms with Gasteiger partial charge in [-0.1, -0.05) is 54.6 Å². The standard InChI is InChI=1S/C24H26N2O3/c1-26(17-20-11-7-8-12-23(20)19-9-5-4-6-10-19)24(27)25-16-18-13-21(28-2)15-22(14-18)29-3/h4-15H,16-17H2,1-3H3,(H,25,27). The molecule has 3 aromatic carbocycles. The van der Waals surface area contributed by atoms with Crippen LogP contribution in [0.1, 0.15) is 11.1 Å². The number of nitrogens with zero attached hydrogens (tertiary/aromatic N) is 1. The van der Waals surface area contributed by atoms with Gasteiger partial charge in [0, 0.05) is 26.2 Å². The number of urea groups is 1. The summed E-state index contributed by atoms with van der Waals surface area (Å²) in [7, 11) is 5.01. The van der Waals surface area contributed by atoms with Gasteiger partial charge >= 0.3 is 6.03 Å². The van der Waals surface area contributed by atoms with E-state index >= 15 is 0 Å². The lowest BCUT2D eigenvalue weighted by atomic mass is 9.99. The summed E-state index contributed by atoms with van der Waals surface area (Å²) in [4.78, 5) is 14.3. The lowest BCUT2D eigenvalue weighted by molar-refractivity contribution is 0.206. The number of rotatable bonds is 7. The number of hydrogen-bond donors (Lipinski definition) is 1. The highest BCUT2D eigenvalue weighted by Crippen LogP contribution is 2.25. The Morgan fingerprint density at radius 1 is 0.897 bits per heavy atom. The van der Waals surface area contributed by atoms with E-state index in [0.29, 0.717) is 24.6 Å². The predicted molar refractivity (Wildman–Crippen MR) is 115 cm³/mol. The van der Waals surface area contributed by atoms with Crippen LogP contribution in [0.5, 0.6) is 11.5 Å². The van der Waals surface area contributed by atoms with Crippen LogP contribution in [-0.4, -0.2) is 32.2 Å². The second-order valence-corrected chi connectivity index (χ2v) is 6.76. The number of carbonyl (C=O) groups is 1. The molecule has 0 atom stereocenters. The highest BCUT2D eigenvalue weighted by atomic mass is 16.5. The maximum Gasteiger partial charge on any atom is 0.317 e. The van der Waals surface area contributed by atoms with Gasteiger partial charge in [-0.3, -0.25) is 0 Å². The van der Waals surface area contributed by atoms with Gasteiger partial charge in [-0.2, -0.15) is 0 Å². The third-order valence-corrected chi connectivity index (χ3v) is 4.71. The summed E-state index contributed by atoms with van der Waals surface area (Å²) in [6, 6.07) is 23.8. The molecule has 0 aliphatic rings. The fraction of sp³-hybridized carbons (Fsp3) is 0.208. The molecule has 3 rings (SSSR count). The van der Waals surface area contributed by atoms with Crippen LogP contribution in [0.15, 0.2) is 72.8 Å².